The minimum absolute atomic E-state index is 0.136. The highest BCUT2D eigenvalue weighted by molar-refractivity contribution is 5.94. The molecule has 2 aromatic rings. The van der Waals surface area contributed by atoms with Gasteiger partial charge in [-0.15, -0.1) is 0 Å². The zero-order chi connectivity index (χ0) is 27.6. The molecule has 5 rings (SSSR count). The minimum Gasteiger partial charge on any atom is -0.474 e. The summed E-state index contributed by atoms with van der Waals surface area (Å²) in [4.78, 5) is 30.3. The van der Waals surface area contributed by atoms with Crippen molar-refractivity contribution in [1.82, 2.24) is 25.0 Å². The van der Waals surface area contributed by atoms with Gasteiger partial charge in [0.25, 0.3) is 11.8 Å². The van der Waals surface area contributed by atoms with Gasteiger partial charge in [0.15, 0.2) is 5.69 Å². The van der Waals surface area contributed by atoms with Crippen LogP contribution in [0.2, 0.25) is 0 Å². The molecule has 0 unspecified atom stereocenters. The first kappa shape index (κ1) is 27.3. The molecule has 0 spiro atoms. The van der Waals surface area contributed by atoms with Crippen LogP contribution in [0.25, 0.3) is 0 Å². The quantitative estimate of drug-likeness (QED) is 0.526. The molecule has 11 heteroatoms. The van der Waals surface area contributed by atoms with Gasteiger partial charge >= 0.3 is 6.09 Å². The van der Waals surface area contributed by atoms with Gasteiger partial charge in [-0.2, -0.15) is 5.10 Å². The molecule has 2 N–H and O–H groups in total. The molecule has 2 aromatic heterocycles. The lowest BCUT2D eigenvalue weighted by Gasteiger charge is -2.31. The van der Waals surface area contributed by atoms with E-state index < -0.39 is 18.4 Å². The van der Waals surface area contributed by atoms with Crippen molar-refractivity contribution < 1.29 is 28.2 Å². The van der Waals surface area contributed by atoms with Crippen molar-refractivity contribution in [2.45, 2.75) is 95.7 Å². The maximum atomic E-state index is 14.4. The summed E-state index contributed by atoms with van der Waals surface area (Å²) in [5.41, 5.74) is 2.30. The molecule has 9 nitrogen and oxygen atoms in total. The van der Waals surface area contributed by atoms with Crippen molar-refractivity contribution in [3.05, 3.63) is 40.8 Å². The van der Waals surface area contributed by atoms with Gasteiger partial charge in [-0.1, -0.05) is 6.07 Å². The summed E-state index contributed by atoms with van der Waals surface area (Å²) in [5.74, 6) is -2.00. The number of likely N-dealkylation sites (tertiary alicyclic amines) is 1. The molecule has 39 heavy (non-hydrogen) atoms. The second-order valence-corrected chi connectivity index (χ2v) is 11.2. The molecule has 1 saturated carbocycles. The number of aryl methyl sites for hydroxylation is 2. The largest absolute Gasteiger partial charge is 0.474 e. The van der Waals surface area contributed by atoms with E-state index in [4.69, 9.17) is 9.84 Å². The molecular formula is C28H37F2N5O4. The molecule has 0 bridgehead atoms. The fourth-order valence-corrected chi connectivity index (χ4v) is 6.15. The van der Waals surface area contributed by atoms with Crippen molar-refractivity contribution in [3.63, 3.8) is 0 Å². The topological polar surface area (TPSA) is 110 Å². The standard InChI is InChI=1S/C28H37F2N5O4/c1-18-3-2-13-31-25(18)39-21-6-4-19(5-7-21)9-16-35-23-8-12-28(29,30)17-22(23)24(33-35)26(36)34-14-10-20(11-15-34)32-27(37)38/h2-3,13,19-21,32H,4-12,14-17H2,1H3,(H,37,38)/t19-,21+. The van der Waals surface area contributed by atoms with Gasteiger partial charge in [0.1, 0.15) is 6.10 Å². The summed E-state index contributed by atoms with van der Waals surface area (Å²) in [6, 6.07) is 3.68. The predicted octanol–water partition coefficient (Wildman–Crippen LogP) is 4.61. The van der Waals surface area contributed by atoms with Crippen molar-refractivity contribution in [2.24, 2.45) is 5.92 Å². The Labute approximate surface area is 226 Å². The molecule has 2 fully saturated rings. The van der Waals surface area contributed by atoms with E-state index in [0.717, 1.165) is 43.4 Å². The number of nitrogens with zero attached hydrogens (tertiary/aromatic N) is 4. The van der Waals surface area contributed by atoms with E-state index in [0.29, 0.717) is 49.8 Å². The van der Waals surface area contributed by atoms with E-state index in [1.165, 1.54) is 0 Å². The summed E-state index contributed by atoms with van der Waals surface area (Å²) < 4.78 is 36.7. The molecule has 1 aliphatic heterocycles. The molecule has 0 atom stereocenters. The Morgan fingerprint density at radius 1 is 1.18 bits per heavy atom. The van der Waals surface area contributed by atoms with Crippen LogP contribution < -0.4 is 10.1 Å². The van der Waals surface area contributed by atoms with Gasteiger partial charge in [0, 0.05) is 61.5 Å². The number of aromatic nitrogens is 3. The summed E-state index contributed by atoms with van der Waals surface area (Å²) in [5, 5.41) is 16.0. The fraction of sp³-hybridized carbons (Fsp3) is 0.643. The highest BCUT2D eigenvalue weighted by Gasteiger charge is 2.40. The Kier molecular flexibility index (Phi) is 8.04. The number of nitrogens with one attached hydrogen (secondary N) is 1. The molecule has 3 heterocycles. The SMILES string of the molecule is Cc1cccnc1O[C@H]1CC[C@@H](CCn2nc(C(=O)N3CCC(NC(=O)O)CC3)c3c2CCC(F)(F)C3)CC1. The summed E-state index contributed by atoms with van der Waals surface area (Å²) in [6.07, 6.45) is 6.09. The fourth-order valence-electron chi connectivity index (χ4n) is 6.15. The number of alkyl halides is 2. The highest BCUT2D eigenvalue weighted by Crippen LogP contribution is 2.36. The number of hydrogen-bond donors (Lipinski definition) is 2. The van der Waals surface area contributed by atoms with E-state index in [1.54, 1.807) is 15.8 Å². The highest BCUT2D eigenvalue weighted by atomic mass is 19.3. The van der Waals surface area contributed by atoms with E-state index in [1.807, 2.05) is 19.1 Å². The zero-order valence-electron chi connectivity index (χ0n) is 22.4. The molecule has 2 amide bonds. The number of fused-ring (bicyclic) bond motifs is 1. The third-order valence-electron chi connectivity index (χ3n) is 8.42. The van der Waals surface area contributed by atoms with Crippen LogP contribution in [-0.2, 0) is 19.4 Å². The van der Waals surface area contributed by atoms with Crippen LogP contribution in [0.5, 0.6) is 5.88 Å². The van der Waals surface area contributed by atoms with Crippen molar-refractivity contribution in [1.29, 1.82) is 0 Å². The lowest BCUT2D eigenvalue weighted by Crippen LogP contribution is -2.46. The van der Waals surface area contributed by atoms with Crippen LogP contribution in [0.1, 0.15) is 78.7 Å². The Morgan fingerprint density at radius 2 is 1.92 bits per heavy atom. The zero-order valence-corrected chi connectivity index (χ0v) is 22.4. The second-order valence-electron chi connectivity index (χ2n) is 11.2. The van der Waals surface area contributed by atoms with Gasteiger partial charge in [0.2, 0.25) is 5.88 Å². The first-order valence-electron chi connectivity index (χ1n) is 14.0. The lowest BCUT2D eigenvalue weighted by molar-refractivity contribution is -0.0130. The van der Waals surface area contributed by atoms with Crippen LogP contribution in [0.4, 0.5) is 13.6 Å². The van der Waals surface area contributed by atoms with Crippen LogP contribution in [0, 0.1) is 12.8 Å². The van der Waals surface area contributed by atoms with Gasteiger partial charge < -0.3 is 20.1 Å². The number of halogens is 2. The maximum Gasteiger partial charge on any atom is 0.404 e. The smallest absolute Gasteiger partial charge is 0.404 e. The minimum atomic E-state index is -2.85. The summed E-state index contributed by atoms with van der Waals surface area (Å²) in [7, 11) is 0. The number of pyridine rings is 1. The van der Waals surface area contributed by atoms with Crippen molar-refractivity contribution >= 4 is 12.0 Å². The van der Waals surface area contributed by atoms with Crippen LogP contribution in [0.3, 0.4) is 0 Å². The molecule has 0 aromatic carbocycles. The van der Waals surface area contributed by atoms with Gasteiger partial charge in [-0.25, -0.2) is 18.6 Å². The Hall–Kier alpha value is -3.24. The average molecular weight is 546 g/mol. The van der Waals surface area contributed by atoms with Crippen LogP contribution >= 0.6 is 0 Å². The van der Waals surface area contributed by atoms with Crippen LogP contribution in [0.15, 0.2) is 18.3 Å². The number of piperidine rings is 1. The van der Waals surface area contributed by atoms with E-state index >= 15 is 0 Å². The number of carboxylic acid groups (broad SMARTS) is 1. The van der Waals surface area contributed by atoms with Crippen molar-refractivity contribution in [2.75, 3.05) is 13.1 Å². The Bertz CT molecular complexity index is 1190. The summed E-state index contributed by atoms with van der Waals surface area (Å²) in [6.45, 7) is 3.32. The second kappa shape index (κ2) is 11.5. The van der Waals surface area contributed by atoms with E-state index in [-0.39, 0.29) is 36.6 Å². The molecule has 0 radical (unpaired) electrons. The molecule has 212 valence electrons. The normalized spacial score (nSPS) is 23.2. The van der Waals surface area contributed by atoms with Gasteiger partial charge in [0.05, 0.1) is 0 Å². The molecular weight excluding hydrogens is 508 g/mol. The van der Waals surface area contributed by atoms with Crippen molar-refractivity contribution in [3.8, 4) is 5.88 Å². The predicted molar refractivity (Wildman–Crippen MR) is 139 cm³/mol. The van der Waals surface area contributed by atoms with Gasteiger partial charge in [-0.05, 0) is 70.3 Å². The maximum absolute atomic E-state index is 14.4. The van der Waals surface area contributed by atoms with E-state index in [2.05, 4.69) is 15.4 Å². The Morgan fingerprint density at radius 3 is 2.62 bits per heavy atom. The molecule has 3 aliphatic rings. The number of rotatable bonds is 7. The molecule has 1 saturated heterocycles. The number of carbonyl (C=O) groups is 2. The third-order valence-corrected chi connectivity index (χ3v) is 8.42. The van der Waals surface area contributed by atoms with Gasteiger partial charge in [-0.3, -0.25) is 9.48 Å². The van der Waals surface area contributed by atoms with E-state index in [9.17, 15) is 18.4 Å². The third kappa shape index (κ3) is 6.50. The van der Waals surface area contributed by atoms with Crippen LogP contribution in [-0.4, -0.2) is 67.9 Å². The first-order chi connectivity index (χ1) is 18.7. The Balaban J connectivity index is 1.21. The summed E-state index contributed by atoms with van der Waals surface area (Å²) >= 11 is 0. The number of carbonyl (C=O) groups excluding carboxylic acids is 1. The monoisotopic (exact) mass is 545 g/mol. The lowest BCUT2D eigenvalue weighted by atomic mass is 9.85. The number of amides is 2. The molecule has 2 aliphatic carbocycles. The number of ether oxygens (including phenoxy) is 1. The number of hydrogen-bond acceptors (Lipinski definition) is 5. The average Bonchev–Trinajstić information content (AvgIpc) is 3.25. The first-order valence-corrected chi connectivity index (χ1v) is 14.0.